The van der Waals surface area contributed by atoms with E-state index in [1.54, 1.807) is 0 Å². The van der Waals surface area contributed by atoms with E-state index < -0.39 is 0 Å². The van der Waals surface area contributed by atoms with E-state index in [1.165, 1.54) is 0 Å². The van der Waals surface area contributed by atoms with Crippen LogP contribution in [0.15, 0.2) is 4.79 Å². The van der Waals surface area contributed by atoms with E-state index in [4.69, 9.17) is 0 Å². The Bertz CT molecular complexity index is 580. The third-order valence-corrected chi connectivity index (χ3v) is 2.67. The van der Waals surface area contributed by atoms with Crippen LogP contribution in [0.4, 0.5) is 0 Å². The number of fused-ring (bicyclic) bond motifs is 1. The molecule has 0 amide bonds. The van der Waals surface area contributed by atoms with Gasteiger partial charge in [0, 0.05) is 6.42 Å². The van der Waals surface area contributed by atoms with Crippen molar-refractivity contribution in [2.45, 2.75) is 40.0 Å². The molecule has 2 N–H and O–H groups in total. The zero-order valence-electron chi connectivity index (χ0n) is 10.7. The van der Waals surface area contributed by atoms with Crippen LogP contribution in [0.3, 0.4) is 0 Å². The molecule has 2 aromatic heterocycles. The molecule has 2 rings (SSSR count). The summed E-state index contributed by atoms with van der Waals surface area (Å²) in [5.41, 5.74) is 1.88. The number of hydrogen-bond acceptors (Lipinski definition) is 3. The molecule has 0 saturated carbocycles. The van der Waals surface area contributed by atoms with Gasteiger partial charge in [-0.3, -0.25) is 9.89 Å². The Morgan fingerprint density at radius 3 is 2.47 bits per heavy atom. The molecule has 5 heteroatoms. The Morgan fingerprint density at radius 2 is 1.88 bits per heavy atom. The van der Waals surface area contributed by atoms with Crippen molar-refractivity contribution in [1.29, 1.82) is 0 Å². The van der Waals surface area contributed by atoms with Gasteiger partial charge in [-0.05, 0) is 11.8 Å². The molecule has 0 aliphatic heterocycles. The molecule has 17 heavy (non-hydrogen) atoms. The van der Waals surface area contributed by atoms with Crippen LogP contribution in [0, 0.1) is 5.92 Å². The zero-order chi connectivity index (χ0) is 12.6. The highest BCUT2D eigenvalue weighted by molar-refractivity contribution is 5.76. The summed E-state index contributed by atoms with van der Waals surface area (Å²) >= 11 is 0. The second-order valence-corrected chi connectivity index (χ2v) is 5.10. The lowest BCUT2D eigenvalue weighted by Gasteiger charge is -2.05. The van der Waals surface area contributed by atoms with E-state index in [2.05, 4.69) is 47.9 Å². The van der Waals surface area contributed by atoms with Gasteiger partial charge in [0.05, 0.1) is 5.69 Å². The van der Waals surface area contributed by atoms with Gasteiger partial charge in [0.1, 0.15) is 11.3 Å². The molecular formula is C12H18N4O. The van der Waals surface area contributed by atoms with Crippen LogP contribution in [-0.4, -0.2) is 20.2 Å². The fourth-order valence-corrected chi connectivity index (χ4v) is 1.86. The molecule has 2 heterocycles. The van der Waals surface area contributed by atoms with E-state index in [-0.39, 0.29) is 11.5 Å². The lowest BCUT2D eigenvalue weighted by molar-refractivity contribution is 0.621. The summed E-state index contributed by atoms with van der Waals surface area (Å²) in [5.74, 6) is 1.48. The van der Waals surface area contributed by atoms with Gasteiger partial charge in [-0.25, -0.2) is 4.98 Å². The molecule has 0 saturated heterocycles. The Balaban J connectivity index is 2.61. The van der Waals surface area contributed by atoms with Crippen LogP contribution in [0.5, 0.6) is 0 Å². The molecule has 0 aliphatic carbocycles. The monoisotopic (exact) mass is 234 g/mol. The van der Waals surface area contributed by atoms with E-state index in [0.717, 1.165) is 17.9 Å². The molecule has 0 atom stereocenters. The van der Waals surface area contributed by atoms with Gasteiger partial charge in [-0.1, -0.05) is 27.7 Å². The molecular weight excluding hydrogens is 216 g/mol. The molecule has 5 nitrogen and oxygen atoms in total. The van der Waals surface area contributed by atoms with Gasteiger partial charge in [0.2, 0.25) is 0 Å². The molecule has 0 aromatic carbocycles. The molecule has 0 unspecified atom stereocenters. The lowest BCUT2D eigenvalue weighted by atomic mass is 10.1. The maximum atomic E-state index is 11.8. The molecule has 92 valence electrons. The highest BCUT2D eigenvalue weighted by Gasteiger charge is 2.14. The number of aromatic amines is 2. The van der Waals surface area contributed by atoms with Gasteiger partial charge < -0.3 is 4.98 Å². The number of nitrogens with one attached hydrogen (secondary N) is 2. The fraction of sp³-hybridized carbons (Fsp3) is 0.583. The highest BCUT2D eigenvalue weighted by Crippen LogP contribution is 2.18. The normalized spacial score (nSPS) is 11.9. The minimum atomic E-state index is -0.159. The number of nitrogens with zero attached hydrogens (tertiary/aromatic N) is 2. The van der Waals surface area contributed by atoms with Gasteiger partial charge in [-0.15, -0.1) is 0 Å². The molecule has 0 bridgehead atoms. The van der Waals surface area contributed by atoms with Crippen molar-refractivity contribution in [3.8, 4) is 0 Å². The first-order valence-electron chi connectivity index (χ1n) is 5.96. The quantitative estimate of drug-likeness (QED) is 0.852. The van der Waals surface area contributed by atoms with Crippen molar-refractivity contribution in [2.75, 3.05) is 0 Å². The van der Waals surface area contributed by atoms with Gasteiger partial charge >= 0.3 is 0 Å². The van der Waals surface area contributed by atoms with Crippen molar-refractivity contribution >= 4 is 11.0 Å². The van der Waals surface area contributed by atoms with Crippen LogP contribution in [0.25, 0.3) is 11.0 Å². The van der Waals surface area contributed by atoms with Crippen molar-refractivity contribution in [2.24, 2.45) is 5.92 Å². The van der Waals surface area contributed by atoms with E-state index in [1.807, 2.05) is 0 Å². The fourth-order valence-electron chi connectivity index (χ4n) is 1.86. The first kappa shape index (κ1) is 11.8. The summed E-state index contributed by atoms with van der Waals surface area (Å²) in [7, 11) is 0. The third kappa shape index (κ3) is 2.23. The predicted octanol–water partition coefficient (Wildman–Crippen LogP) is 1.97. The Labute approximate surface area is 99.7 Å². The van der Waals surface area contributed by atoms with Gasteiger partial charge in [0.15, 0.2) is 5.52 Å². The molecule has 0 fully saturated rings. The maximum absolute atomic E-state index is 11.8. The lowest BCUT2D eigenvalue weighted by Crippen LogP contribution is -2.13. The first-order valence-corrected chi connectivity index (χ1v) is 5.96. The summed E-state index contributed by atoms with van der Waals surface area (Å²) in [6.45, 7) is 8.31. The van der Waals surface area contributed by atoms with Gasteiger partial charge in [-0.2, -0.15) is 5.10 Å². The largest absolute Gasteiger partial charge is 0.309 e. The van der Waals surface area contributed by atoms with E-state index in [9.17, 15) is 4.79 Å². The average molecular weight is 234 g/mol. The minimum absolute atomic E-state index is 0.159. The summed E-state index contributed by atoms with van der Waals surface area (Å²) in [5, 5.41) is 6.93. The van der Waals surface area contributed by atoms with Crippen LogP contribution in [0.2, 0.25) is 0 Å². The van der Waals surface area contributed by atoms with Crippen molar-refractivity contribution in [3.63, 3.8) is 0 Å². The summed E-state index contributed by atoms with van der Waals surface area (Å²) in [4.78, 5) is 19.1. The van der Waals surface area contributed by atoms with Crippen molar-refractivity contribution in [3.05, 3.63) is 21.9 Å². The van der Waals surface area contributed by atoms with Crippen LogP contribution in [-0.2, 0) is 6.42 Å². The number of aromatic nitrogens is 4. The second-order valence-electron chi connectivity index (χ2n) is 5.10. The second kappa shape index (κ2) is 4.31. The van der Waals surface area contributed by atoms with Crippen LogP contribution in [0.1, 0.15) is 45.1 Å². The van der Waals surface area contributed by atoms with Gasteiger partial charge in [0.25, 0.3) is 5.56 Å². The molecule has 0 aliphatic rings. The smallest absolute Gasteiger partial charge is 0.279 e. The molecule has 0 radical (unpaired) electrons. The summed E-state index contributed by atoms with van der Waals surface area (Å²) < 4.78 is 0. The van der Waals surface area contributed by atoms with E-state index >= 15 is 0 Å². The number of rotatable bonds is 3. The SMILES string of the molecule is CC(C)Cc1nc2c(C(C)C)[nH]nc2c(=O)[nH]1. The zero-order valence-corrected chi connectivity index (χ0v) is 10.7. The Morgan fingerprint density at radius 1 is 1.18 bits per heavy atom. The standard InChI is InChI=1S/C12H18N4O/c1-6(2)5-8-13-10-9(7(3)4)15-16-11(10)12(17)14-8/h6-7H,5H2,1-4H3,(H,15,16)(H,13,14,17). The summed E-state index contributed by atoms with van der Waals surface area (Å²) in [6, 6.07) is 0. The highest BCUT2D eigenvalue weighted by atomic mass is 16.1. The maximum Gasteiger partial charge on any atom is 0.279 e. The number of hydrogen-bond donors (Lipinski definition) is 2. The third-order valence-electron chi connectivity index (χ3n) is 2.67. The number of H-pyrrole nitrogens is 2. The van der Waals surface area contributed by atoms with Crippen molar-refractivity contribution in [1.82, 2.24) is 20.2 Å². The average Bonchev–Trinajstić information content (AvgIpc) is 2.60. The Kier molecular flexibility index (Phi) is 3.00. The topological polar surface area (TPSA) is 74.4 Å². The first-order chi connectivity index (χ1) is 7.99. The predicted molar refractivity (Wildman–Crippen MR) is 67.1 cm³/mol. The molecule has 2 aromatic rings. The van der Waals surface area contributed by atoms with Crippen molar-refractivity contribution < 1.29 is 0 Å². The van der Waals surface area contributed by atoms with Crippen LogP contribution < -0.4 is 5.56 Å². The van der Waals surface area contributed by atoms with E-state index in [0.29, 0.717) is 17.0 Å². The minimum Gasteiger partial charge on any atom is -0.309 e. The van der Waals surface area contributed by atoms with Crippen LogP contribution >= 0.6 is 0 Å². The summed E-state index contributed by atoms with van der Waals surface area (Å²) in [6.07, 6.45) is 0.772. The molecule has 0 spiro atoms. The Hall–Kier alpha value is -1.65.